The number of nitrogens with zero attached hydrogens (tertiary/aromatic N) is 1. The van der Waals surface area contributed by atoms with E-state index < -0.39 is 5.60 Å². The Morgan fingerprint density at radius 1 is 1.29 bits per heavy atom. The molecule has 1 atom stereocenters. The van der Waals surface area contributed by atoms with Crippen molar-refractivity contribution in [2.75, 3.05) is 6.54 Å². The number of aliphatic hydroxyl groups is 1. The molecule has 0 aliphatic heterocycles. The summed E-state index contributed by atoms with van der Waals surface area (Å²) >= 11 is 1.40. The van der Waals surface area contributed by atoms with Gasteiger partial charge >= 0.3 is 0 Å². The van der Waals surface area contributed by atoms with E-state index in [9.17, 15) is 9.90 Å². The maximum Gasteiger partial charge on any atom is 0.271 e. The molecular formula is C18H18N2O3S. The lowest BCUT2D eigenvalue weighted by Gasteiger charge is -2.24. The number of aryl methyl sites for hydroxylation is 1. The number of amides is 1. The normalized spacial score (nSPS) is 13.5. The molecule has 3 aromatic rings. The van der Waals surface area contributed by atoms with Crippen LogP contribution in [0, 0.1) is 6.92 Å². The number of thiazole rings is 1. The summed E-state index contributed by atoms with van der Waals surface area (Å²) in [5, 5.41) is 14.0. The lowest BCUT2D eigenvalue weighted by atomic mass is 9.96. The van der Waals surface area contributed by atoms with E-state index in [4.69, 9.17) is 4.42 Å². The molecule has 2 aromatic heterocycles. The summed E-state index contributed by atoms with van der Waals surface area (Å²) in [6.07, 6.45) is 1.57. The first-order valence-electron chi connectivity index (χ1n) is 7.55. The molecule has 0 saturated heterocycles. The monoisotopic (exact) mass is 342 g/mol. The summed E-state index contributed by atoms with van der Waals surface area (Å²) < 4.78 is 5.32. The number of nitrogens with one attached hydrogen (secondary N) is 1. The molecule has 5 nitrogen and oxygen atoms in total. The molecule has 0 fully saturated rings. The Morgan fingerprint density at radius 3 is 2.71 bits per heavy atom. The number of furan rings is 1. The number of carbonyl (C=O) groups is 1. The summed E-state index contributed by atoms with van der Waals surface area (Å²) in [7, 11) is 0. The van der Waals surface area contributed by atoms with Crippen LogP contribution < -0.4 is 5.32 Å². The molecule has 1 amide bonds. The molecule has 124 valence electrons. The van der Waals surface area contributed by atoms with Gasteiger partial charge in [-0.05, 0) is 31.5 Å². The van der Waals surface area contributed by atoms with Crippen LogP contribution in [0.25, 0.3) is 10.8 Å². The van der Waals surface area contributed by atoms with Gasteiger partial charge in [0, 0.05) is 4.88 Å². The Kier molecular flexibility index (Phi) is 4.51. The van der Waals surface area contributed by atoms with Crippen LogP contribution in [-0.2, 0) is 5.60 Å². The van der Waals surface area contributed by atoms with E-state index in [0.29, 0.717) is 16.5 Å². The third-order valence-corrected chi connectivity index (χ3v) is 4.72. The first-order chi connectivity index (χ1) is 11.5. The smallest absolute Gasteiger partial charge is 0.271 e. The van der Waals surface area contributed by atoms with Crippen molar-refractivity contribution in [3.8, 4) is 10.8 Å². The second-order valence-electron chi connectivity index (χ2n) is 5.72. The van der Waals surface area contributed by atoms with Crippen molar-refractivity contribution in [2.45, 2.75) is 19.4 Å². The summed E-state index contributed by atoms with van der Waals surface area (Å²) in [6, 6.07) is 12.8. The third kappa shape index (κ3) is 3.39. The summed E-state index contributed by atoms with van der Waals surface area (Å²) in [5.41, 5.74) is -0.0446. The van der Waals surface area contributed by atoms with Crippen LogP contribution in [0.5, 0.6) is 0 Å². The van der Waals surface area contributed by atoms with E-state index in [2.05, 4.69) is 10.3 Å². The Bertz CT molecular complexity index is 823. The summed E-state index contributed by atoms with van der Waals surface area (Å²) in [4.78, 5) is 17.6. The van der Waals surface area contributed by atoms with Crippen LogP contribution in [0.2, 0.25) is 0 Å². The van der Waals surface area contributed by atoms with E-state index >= 15 is 0 Å². The van der Waals surface area contributed by atoms with E-state index in [0.717, 1.165) is 10.4 Å². The van der Waals surface area contributed by atoms with Crippen LogP contribution in [0.1, 0.15) is 27.9 Å². The van der Waals surface area contributed by atoms with Gasteiger partial charge in [0.15, 0.2) is 10.8 Å². The first kappa shape index (κ1) is 16.4. The van der Waals surface area contributed by atoms with Crippen molar-refractivity contribution in [3.05, 3.63) is 64.9 Å². The number of rotatable bonds is 5. The summed E-state index contributed by atoms with van der Waals surface area (Å²) in [5.74, 6) is 0.330. The van der Waals surface area contributed by atoms with Gasteiger partial charge in [-0.1, -0.05) is 30.3 Å². The fraction of sp³-hybridized carbons (Fsp3) is 0.222. The lowest BCUT2D eigenvalue weighted by molar-refractivity contribution is 0.0525. The minimum Gasteiger partial charge on any atom is -0.462 e. The third-order valence-electron chi connectivity index (χ3n) is 3.73. The molecule has 0 radical (unpaired) electrons. The average Bonchev–Trinajstić information content (AvgIpc) is 3.23. The highest BCUT2D eigenvalue weighted by Gasteiger charge is 2.25. The number of benzene rings is 1. The fourth-order valence-electron chi connectivity index (χ4n) is 2.35. The van der Waals surface area contributed by atoms with Gasteiger partial charge in [0.25, 0.3) is 5.91 Å². The van der Waals surface area contributed by atoms with Crippen LogP contribution >= 0.6 is 11.3 Å². The predicted molar refractivity (Wildman–Crippen MR) is 92.9 cm³/mol. The molecular weight excluding hydrogens is 324 g/mol. The van der Waals surface area contributed by atoms with E-state index in [1.54, 1.807) is 25.3 Å². The van der Waals surface area contributed by atoms with Crippen LogP contribution in [0.3, 0.4) is 0 Å². The van der Waals surface area contributed by atoms with E-state index in [-0.39, 0.29) is 12.5 Å². The first-order valence-corrected chi connectivity index (χ1v) is 8.36. The molecule has 1 aromatic carbocycles. The highest BCUT2D eigenvalue weighted by Crippen LogP contribution is 2.28. The number of hydrogen-bond acceptors (Lipinski definition) is 5. The Hall–Kier alpha value is -2.44. The van der Waals surface area contributed by atoms with Crippen molar-refractivity contribution in [1.82, 2.24) is 10.3 Å². The molecule has 0 aliphatic carbocycles. The molecule has 0 bridgehead atoms. The second kappa shape index (κ2) is 6.59. The molecule has 1 unspecified atom stereocenters. The maximum absolute atomic E-state index is 12.4. The molecule has 2 N–H and O–H groups in total. The largest absolute Gasteiger partial charge is 0.462 e. The molecule has 0 saturated carbocycles. The minimum absolute atomic E-state index is 0.100. The predicted octanol–water partition coefficient (Wildman–Crippen LogP) is 3.35. The fourth-order valence-corrected chi connectivity index (χ4v) is 3.23. The Labute approximate surface area is 144 Å². The number of aromatic nitrogens is 1. The van der Waals surface area contributed by atoms with Gasteiger partial charge < -0.3 is 14.8 Å². The van der Waals surface area contributed by atoms with Gasteiger partial charge in [-0.15, -0.1) is 11.3 Å². The van der Waals surface area contributed by atoms with Crippen molar-refractivity contribution in [1.29, 1.82) is 0 Å². The lowest BCUT2D eigenvalue weighted by Crippen LogP contribution is -2.38. The second-order valence-corrected chi connectivity index (χ2v) is 6.93. The van der Waals surface area contributed by atoms with Gasteiger partial charge in [0.1, 0.15) is 11.3 Å². The number of hydrogen-bond donors (Lipinski definition) is 2. The highest BCUT2D eigenvalue weighted by molar-refractivity contribution is 7.15. The van der Waals surface area contributed by atoms with Crippen molar-refractivity contribution >= 4 is 17.2 Å². The molecule has 2 heterocycles. The van der Waals surface area contributed by atoms with Crippen LogP contribution in [0.15, 0.2) is 53.1 Å². The Balaban J connectivity index is 1.72. The van der Waals surface area contributed by atoms with Crippen LogP contribution in [-0.4, -0.2) is 22.5 Å². The van der Waals surface area contributed by atoms with Gasteiger partial charge in [-0.25, -0.2) is 4.98 Å². The molecule has 0 spiro atoms. The van der Waals surface area contributed by atoms with E-state index in [1.807, 2.05) is 37.3 Å². The SMILES string of the molecule is Cc1sc(-c2ccco2)nc1C(=O)NCC(C)(O)c1ccccc1. The van der Waals surface area contributed by atoms with Crippen LogP contribution in [0.4, 0.5) is 0 Å². The topological polar surface area (TPSA) is 75.4 Å². The van der Waals surface area contributed by atoms with Gasteiger partial charge in [-0.3, -0.25) is 4.79 Å². The van der Waals surface area contributed by atoms with E-state index in [1.165, 1.54) is 11.3 Å². The molecule has 3 rings (SSSR count). The molecule has 0 aliphatic rings. The van der Waals surface area contributed by atoms with Crippen molar-refractivity contribution in [3.63, 3.8) is 0 Å². The zero-order valence-corrected chi connectivity index (χ0v) is 14.3. The van der Waals surface area contributed by atoms with Gasteiger partial charge in [-0.2, -0.15) is 0 Å². The standard InChI is InChI=1S/C18H18N2O3S/c1-12-15(20-17(24-12)14-9-6-10-23-14)16(21)19-11-18(2,22)13-7-4-3-5-8-13/h3-10,22H,11H2,1-2H3,(H,19,21). The summed E-state index contributed by atoms with van der Waals surface area (Å²) in [6.45, 7) is 3.61. The quantitative estimate of drug-likeness (QED) is 0.745. The Morgan fingerprint density at radius 2 is 2.04 bits per heavy atom. The van der Waals surface area contributed by atoms with Gasteiger partial charge in [0.2, 0.25) is 0 Å². The zero-order valence-electron chi connectivity index (χ0n) is 13.4. The van der Waals surface area contributed by atoms with Gasteiger partial charge in [0.05, 0.1) is 12.8 Å². The number of carbonyl (C=O) groups excluding carboxylic acids is 1. The maximum atomic E-state index is 12.4. The molecule has 6 heteroatoms. The average molecular weight is 342 g/mol. The molecule has 24 heavy (non-hydrogen) atoms. The van der Waals surface area contributed by atoms with Crippen molar-refractivity contribution in [2.24, 2.45) is 0 Å². The van der Waals surface area contributed by atoms with Crippen molar-refractivity contribution < 1.29 is 14.3 Å². The highest BCUT2D eigenvalue weighted by atomic mass is 32.1. The zero-order chi connectivity index (χ0) is 17.2. The minimum atomic E-state index is -1.15.